The van der Waals surface area contributed by atoms with E-state index in [0.29, 0.717) is 36.8 Å². The number of morpholine rings is 1. The van der Waals surface area contributed by atoms with E-state index in [9.17, 15) is 8.78 Å². The summed E-state index contributed by atoms with van der Waals surface area (Å²) in [7, 11) is 0. The van der Waals surface area contributed by atoms with Crippen LogP contribution >= 0.6 is 12.0 Å². The summed E-state index contributed by atoms with van der Waals surface area (Å²) in [6.45, 7) is 3.76. The summed E-state index contributed by atoms with van der Waals surface area (Å²) < 4.78 is 38.8. The van der Waals surface area contributed by atoms with E-state index in [2.05, 4.69) is 31.9 Å². The summed E-state index contributed by atoms with van der Waals surface area (Å²) in [5, 5.41) is 4.01. The number of hydrogen-bond acceptors (Lipinski definition) is 8. The molecule has 1 aliphatic rings. The Bertz CT molecular complexity index is 988. The van der Waals surface area contributed by atoms with Crippen LogP contribution in [0.5, 0.6) is 0 Å². The predicted octanol–water partition coefficient (Wildman–Crippen LogP) is 3.01. The highest BCUT2D eigenvalue weighted by Crippen LogP contribution is 2.26. The van der Waals surface area contributed by atoms with Gasteiger partial charge in [0.1, 0.15) is 29.6 Å². The molecule has 3 aromatic rings. The van der Waals surface area contributed by atoms with Crippen molar-refractivity contribution in [2.75, 3.05) is 30.9 Å². The number of ether oxygens (including phenoxy) is 1. The number of alkyl halides is 2. The van der Waals surface area contributed by atoms with Gasteiger partial charge in [0.2, 0.25) is 0 Å². The topological polar surface area (TPSA) is 77.7 Å². The maximum atomic E-state index is 13.1. The number of imidazole rings is 1. The van der Waals surface area contributed by atoms with Crippen LogP contribution in [0.3, 0.4) is 0 Å². The van der Waals surface area contributed by atoms with Crippen molar-refractivity contribution in [1.29, 1.82) is 0 Å². The highest BCUT2D eigenvalue weighted by molar-refractivity contribution is 7.93. The monoisotopic (exact) mass is 422 g/mol. The average Bonchev–Trinajstić information content (AvgIpc) is 3.16. The average molecular weight is 422 g/mol. The van der Waals surface area contributed by atoms with Crippen molar-refractivity contribution in [2.24, 2.45) is 0 Å². The van der Waals surface area contributed by atoms with Crippen molar-refractivity contribution in [1.82, 2.24) is 24.6 Å². The fourth-order valence-electron chi connectivity index (χ4n) is 3.31. The molecule has 0 saturated carbocycles. The summed E-state index contributed by atoms with van der Waals surface area (Å²) in [6.07, 6.45) is 2.15. The lowest BCUT2D eigenvalue weighted by Crippen LogP contribution is -2.51. The maximum Gasteiger partial charge on any atom is 0.282 e. The first-order chi connectivity index (χ1) is 14.1. The second-order valence-electron chi connectivity index (χ2n) is 6.53. The van der Waals surface area contributed by atoms with Gasteiger partial charge >= 0.3 is 0 Å². The molecule has 2 atom stereocenters. The zero-order valence-electron chi connectivity index (χ0n) is 15.9. The Morgan fingerprint density at radius 1 is 1.31 bits per heavy atom. The highest BCUT2D eigenvalue weighted by Gasteiger charge is 2.30. The number of hydrogen-bond donors (Lipinski definition) is 0. The third-order valence-corrected chi connectivity index (χ3v) is 5.23. The zero-order chi connectivity index (χ0) is 20.4. The van der Waals surface area contributed by atoms with E-state index >= 15 is 0 Å². The molecule has 0 spiro atoms. The van der Waals surface area contributed by atoms with Gasteiger partial charge in [-0.3, -0.25) is 0 Å². The third-order valence-electron chi connectivity index (χ3n) is 4.86. The second-order valence-corrected chi connectivity index (χ2v) is 7.10. The number of nitrogens with zero attached hydrogens (tertiary/aromatic N) is 6. The Kier molecular flexibility index (Phi) is 5.88. The van der Waals surface area contributed by atoms with Crippen LogP contribution in [0.25, 0.3) is 17.0 Å². The van der Waals surface area contributed by atoms with E-state index in [4.69, 9.17) is 8.92 Å². The Morgan fingerprint density at radius 3 is 2.97 bits per heavy atom. The standard InChI is InChI=1S/C18H20F2N6O2S/c1-11-15(9-28-29-2)27-6-5-25(11)17-7-13(22-10-23-17)14-8-21-16-4-3-12(18(19)20)24-26(14)16/h3-4,7-8,10-11,15,18H,5-6,9H2,1-2H3. The minimum absolute atomic E-state index is 0.0457. The van der Waals surface area contributed by atoms with Gasteiger partial charge in [0.05, 0.1) is 31.1 Å². The molecular formula is C18H20F2N6O2S. The van der Waals surface area contributed by atoms with Crippen molar-refractivity contribution in [3.05, 3.63) is 36.4 Å². The van der Waals surface area contributed by atoms with Crippen LogP contribution in [0, 0.1) is 0 Å². The van der Waals surface area contributed by atoms with E-state index in [1.165, 1.54) is 35.0 Å². The van der Waals surface area contributed by atoms with E-state index < -0.39 is 6.43 Å². The molecule has 1 aliphatic heterocycles. The molecule has 0 bridgehead atoms. The smallest absolute Gasteiger partial charge is 0.282 e. The highest BCUT2D eigenvalue weighted by atomic mass is 32.2. The molecule has 154 valence electrons. The van der Waals surface area contributed by atoms with Crippen molar-refractivity contribution in [2.45, 2.75) is 25.5 Å². The van der Waals surface area contributed by atoms with Crippen LogP contribution in [0.4, 0.5) is 14.6 Å². The molecule has 29 heavy (non-hydrogen) atoms. The van der Waals surface area contributed by atoms with Gasteiger partial charge in [0, 0.05) is 18.9 Å². The third kappa shape index (κ3) is 4.02. The molecule has 1 fully saturated rings. The number of halogens is 2. The van der Waals surface area contributed by atoms with Gasteiger partial charge in [-0.15, -0.1) is 0 Å². The minimum Gasteiger partial charge on any atom is -0.372 e. The van der Waals surface area contributed by atoms with Gasteiger partial charge in [-0.2, -0.15) is 5.10 Å². The SMILES string of the molecule is CSOCC1OCCN(c2cc(-c3cnc4ccc(C(F)F)nn34)ncn2)C1C. The molecule has 0 N–H and O–H groups in total. The molecule has 4 rings (SSSR count). The van der Waals surface area contributed by atoms with E-state index in [1.54, 1.807) is 6.20 Å². The molecule has 0 amide bonds. The molecule has 8 nitrogen and oxygen atoms in total. The van der Waals surface area contributed by atoms with Crippen molar-refractivity contribution in [3.63, 3.8) is 0 Å². The summed E-state index contributed by atoms with van der Waals surface area (Å²) in [4.78, 5) is 15.1. The zero-order valence-corrected chi connectivity index (χ0v) is 16.7. The van der Waals surface area contributed by atoms with Gasteiger partial charge in [0.25, 0.3) is 6.43 Å². The quantitative estimate of drug-likeness (QED) is 0.561. The molecule has 4 heterocycles. The fraction of sp³-hybridized carbons (Fsp3) is 0.444. The van der Waals surface area contributed by atoms with Gasteiger partial charge in [-0.05, 0) is 31.1 Å². The molecule has 11 heteroatoms. The first kappa shape index (κ1) is 19.9. The summed E-state index contributed by atoms with van der Waals surface area (Å²) in [5.41, 5.74) is 1.23. The largest absolute Gasteiger partial charge is 0.372 e. The lowest BCUT2D eigenvalue weighted by Gasteiger charge is -2.39. The lowest BCUT2D eigenvalue weighted by molar-refractivity contribution is -0.00799. The van der Waals surface area contributed by atoms with Gasteiger partial charge in [0.15, 0.2) is 5.65 Å². The fourth-order valence-corrected chi connectivity index (χ4v) is 3.58. The molecule has 1 saturated heterocycles. The van der Waals surface area contributed by atoms with E-state index in [0.717, 1.165) is 5.82 Å². The van der Waals surface area contributed by atoms with Crippen molar-refractivity contribution >= 4 is 23.5 Å². The Labute approximate surface area is 170 Å². The first-order valence-corrected chi connectivity index (χ1v) is 10.2. The number of rotatable bonds is 6. The predicted molar refractivity (Wildman–Crippen MR) is 105 cm³/mol. The van der Waals surface area contributed by atoms with Crippen LogP contribution in [0.1, 0.15) is 19.0 Å². The van der Waals surface area contributed by atoms with Crippen molar-refractivity contribution < 1.29 is 17.7 Å². The summed E-state index contributed by atoms with van der Waals surface area (Å²) in [6, 6.07) is 4.65. The van der Waals surface area contributed by atoms with Crippen LogP contribution in [0.2, 0.25) is 0 Å². The molecule has 0 radical (unpaired) electrons. The molecule has 0 aliphatic carbocycles. The Morgan fingerprint density at radius 2 is 2.17 bits per heavy atom. The summed E-state index contributed by atoms with van der Waals surface area (Å²) in [5.74, 6) is 0.722. The van der Waals surface area contributed by atoms with Gasteiger partial charge < -0.3 is 13.8 Å². The van der Waals surface area contributed by atoms with Crippen LogP contribution in [-0.2, 0) is 8.92 Å². The Hall–Kier alpha value is -2.37. The Balaban J connectivity index is 1.66. The molecule has 2 unspecified atom stereocenters. The van der Waals surface area contributed by atoms with Gasteiger partial charge in [-0.1, -0.05) is 0 Å². The molecule has 3 aromatic heterocycles. The molecular weight excluding hydrogens is 402 g/mol. The van der Waals surface area contributed by atoms with E-state index in [-0.39, 0.29) is 17.8 Å². The van der Waals surface area contributed by atoms with Crippen molar-refractivity contribution in [3.8, 4) is 11.4 Å². The van der Waals surface area contributed by atoms with Crippen LogP contribution in [0.15, 0.2) is 30.7 Å². The van der Waals surface area contributed by atoms with E-state index in [1.807, 2.05) is 12.3 Å². The maximum absolute atomic E-state index is 13.1. The first-order valence-electron chi connectivity index (χ1n) is 9.07. The summed E-state index contributed by atoms with van der Waals surface area (Å²) >= 11 is 1.31. The molecule has 0 aromatic carbocycles. The van der Waals surface area contributed by atoms with Crippen LogP contribution in [-0.4, -0.2) is 62.7 Å². The van der Waals surface area contributed by atoms with Gasteiger partial charge in [-0.25, -0.2) is 28.2 Å². The lowest BCUT2D eigenvalue weighted by atomic mass is 10.1. The minimum atomic E-state index is -2.66. The number of aromatic nitrogens is 5. The number of anilines is 1. The normalized spacial score (nSPS) is 20.0. The van der Waals surface area contributed by atoms with Crippen LogP contribution < -0.4 is 4.90 Å². The second kappa shape index (κ2) is 8.56. The number of fused-ring (bicyclic) bond motifs is 1.